The molecular formula is C14H22BrN. The van der Waals surface area contributed by atoms with Crippen molar-refractivity contribution in [1.29, 1.82) is 0 Å². The van der Waals surface area contributed by atoms with Crippen LogP contribution < -0.4 is 5.32 Å². The Kier molecular flexibility index (Phi) is 5.00. The van der Waals surface area contributed by atoms with E-state index in [-0.39, 0.29) is 0 Å². The maximum atomic E-state index is 3.47. The molecule has 1 aromatic carbocycles. The van der Waals surface area contributed by atoms with E-state index in [4.69, 9.17) is 0 Å². The van der Waals surface area contributed by atoms with Crippen LogP contribution in [0.1, 0.15) is 26.3 Å². The van der Waals surface area contributed by atoms with Crippen LogP contribution in [0.4, 0.5) is 0 Å². The molecule has 0 aromatic heterocycles. The molecule has 0 saturated heterocycles. The molecule has 1 atom stereocenters. The number of halogens is 1. The third kappa shape index (κ3) is 3.60. The van der Waals surface area contributed by atoms with Gasteiger partial charge in [-0.3, -0.25) is 0 Å². The zero-order valence-electron chi connectivity index (χ0n) is 10.7. The van der Waals surface area contributed by atoms with Crippen LogP contribution in [0.5, 0.6) is 0 Å². The molecule has 2 heteroatoms. The van der Waals surface area contributed by atoms with E-state index in [0.29, 0.717) is 11.3 Å². The van der Waals surface area contributed by atoms with Gasteiger partial charge < -0.3 is 5.32 Å². The Morgan fingerprint density at radius 2 is 1.81 bits per heavy atom. The average molecular weight is 284 g/mol. The van der Waals surface area contributed by atoms with Crippen molar-refractivity contribution in [2.45, 2.75) is 27.2 Å². The van der Waals surface area contributed by atoms with Crippen molar-refractivity contribution in [3.63, 3.8) is 0 Å². The van der Waals surface area contributed by atoms with Crippen LogP contribution >= 0.6 is 15.9 Å². The molecule has 0 aliphatic carbocycles. The van der Waals surface area contributed by atoms with Gasteiger partial charge in [-0.1, -0.05) is 48.8 Å². The highest BCUT2D eigenvalue weighted by Gasteiger charge is 2.27. The largest absolute Gasteiger partial charge is 0.319 e. The molecule has 0 aliphatic rings. The summed E-state index contributed by atoms with van der Waals surface area (Å²) in [6.07, 6.45) is 1.12. The molecule has 0 fully saturated rings. The lowest BCUT2D eigenvalue weighted by Gasteiger charge is -2.34. The molecule has 0 saturated carbocycles. The second kappa shape index (κ2) is 5.83. The lowest BCUT2D eigenvalue weighted by atomic mass is 9.74. The van der Waals surface area contributed by atoms with Crippen LogP contribution in [-0.2, 0) is 6.42 Å². The van der Waals surface area contributed by atoms with Crippen LogP contribution in [0.25, 0.3) is 0 Å². The monoisotopic (exact) mass is 283 g/mol. The molecule has 0 bridgehead atoms. The first-order chi connectivity index (χ1) is 7.48. The Labute approximate surface area is 108 Å². The van der Waals surface area contributed by atoms with Gasteiger partial charge in [0.15, 0.2) is 0 Å². The van der Waals surface area contributed by atoms with Gasteiger partial charge in [-0.2, -0.15) is 0 Å². The minimum atomic E-state index is 0.322. The molecular weight excluding hydrogens is 262 g/mol. The Balaban J connectivity index is 2.79. The minimum Gasteiger partial charge on any atom is -0.319 e. The van der Waals surface area contributed by atoms with E-state index in [1.165, 1.54) is 5.56 Å². The van der Waals surface area contributed by atoms with E-state index >= 15 is 0 Å². The third-order valence-electron chi connectivity index (χ3n) is 3.50. The smallest absolute Gasteiger partial charge is 0.0175 e. The highest BCUT2D eigenvalue weighted by atomic mass is 79.9. The average Bonchev–Trinajstić information content (AvgIpc) is 2.22. The summed E-state index contributed by atoms with van der Waals surface area (Å²) in [6.45, 7) is 8.02. The SMILES string of the molecule is CNCC(C)(Cc1ccc(Br)cc1)C(C)C. The molecule has 1 rings (SSSR count). The second-order valence-electron chi connectivity index (χ2n) is 5.14. The van der Waals surface area contributed by atoms with Gasteiger partial charge >= 0.3 is 0 Å². The minimum absolute atomic E-state index is 0.322. The van der Waals surface area contributed by atoms with Crippen LogP contribution in [-0.4, -0.2) is 13.6 Å². The molecule has 0 spiro atoms. The van der Waals surface area contributed by atoms with Crippen molar-refractivity contribution >= 4 is 15.9 Å². The van der Waals surface area contributed by atoms with E-state index < -0.39 is 0 Å². The summed E-state index contributed by atoms with van der Waals surface area (Å²) in [5.74, 6) is 0.670. The van der Waals surface area contributed by atoms with E-state index in [0.717, 1.165) is 17.4 Å². The van der Waals surface area contributed by atoms with E-state index in [1.54, 1.807) is 0 Å². The molecule has 16 heavy (non-hydrogen) atoms. The molecule has 1 aromatic rings. The zero-order valence-corrected chi connectivity index (χ0v) is 12.3. The number of benzene rings is 1. The van der Waals surface area contributed by atoms with Crippen LogP contribution in [0.15, 0.2) is 28.7 Å². The Bertz CT molecular complexity index is 318. The van der Waals surface area contributed by atoms with Gasteiger partial charge in [0.1, 0.15) is 0 Å². The summed E-state index contributed by atoms with van der Waals surface area (Å²) in [4.78, 5) is 0. The molecule has 1 N–H and O–H groups in total. The van der Waals surface area contributed by atoms with Gasteiger partial charge in [-0.25, -0.2) is 0 Å². The standard InChI is InChI=1S/C14H22BrN/c1-11(2)14(3,10-16-4)9-12-5-7-13(15)8-6-12/h5-8,11,16H,9-10H2,1-4H3. The van der Waals surface area contributed by atoms with E-state index in [1.807, 2.05) is 7.05 Å². The lowest BCUT2D eigenvalue weighted by Crippen LogP contribution is -2.36. The lowest BCUT2D eigenvalue weighted by molar-refractivity contribution is 0.212. The Morgan fingerprint density at radius 3 is 2.25 bits per heavy atom. The normalized spacial score (nSPS) is 15.1. The van der Waals surface area contributed by atoms with Crippen molar-refractivity contribution in [1.82, 2.24) is 5.32 Å². The van der Waals surface area contributed by atoms with Gasteiger partial charge in [-0.05, 0) is 42.5 Å². The topological polar surface area (TPSA) is 12.0 Å². The second-order valence-corrected chi connectivity index (χ2v) is 6.06. The Morgan fingerprint density at radius 1 is 1.25 bits per heavy atom. The summed E-state index contributed by atoms with van der Waals surface area (Å²) in [5.41, 5.74) is 1.73. The summed E-state index contributed by atoms with van der Waals surface area (Å²) in [7, 11) is 2.03. The third-order valence-corrected chi connectivity index (χ3v) is 4.02. The quantitative estimate of drug-likeness (QED) is 0.865. The molecule has 0 radical (unpaired) electrons. The summed E-state index contributed by atoms with van der Waals surface area (Å²) in [5, 5.41) is 3.31. The fourth-order valence-electron chi connectivity index (χ4n) is 1.94. The maximum absolute atomic E-state index is 3.47. The number of nitrogens with one attached hydrogen (secondary N) is 1. The first-order valence-corrected chi connectivity index (χ1v) is 6.66. The fraction of sp³-hybridized carbons (Fsp3) is 0.571. The molecule has 0 heterocycles. The first-order valence-electron chi connectivity index (χ1n) is 5.87. The highest BCUT2D eigenvalue weighted by molar-refractivity contribution is 9.10. The highest BCUT2D eigenvalue weighted by Crippen LogP contribution is 2.30. The van der Waals surface area contributed by atoms with Crippen molar-refractivity contribution < 1.29 is 0 Å². The molecule has 0 aliphatic heterocycles. The maximum Gasteiger partial charge on any atom is 0.0175 e. The predicted octanol–water partition coefficient (Wildman–Crippen LogP) is 3.87. The summed E-state index contributed by atoms with van der Waals surface area (Å²) < 4.78 is 1.15. The van der Waals surface area contributed by atoms with Gasteiger partial charge in [-0.15, -0.1) is 0 Å². The first kappa shape index (κ1) is 13.7. The van der Waals surface area contributed by atoms with Gasteiger partial charge in [0.05, 0.1) is 0 Å². The number of hydrogen-bond acceptors (Lipinski definition) is 1. The predicted molar refractivity (Wildman–Crippen MR) is 74.7 cm³/mol. The van der Waals surface area contributed by atoms with E-state index in [9.17, 15) is 0 Å². The molecule has 1 unspecified atom stereocenters. The van der Waals surface area contributed by atoms with Crippen molar-refractivity contribution in [3.8, 4) is 0 Å². The zero-order chi connectivity index (χ0) is 12.2. The van der Waals surface area contributed by atoms with Crippen molar-refractivity contribution in [3.05, 3.63) is 34.3 Å². The van der Waals surface area contributed by atoms with Gasteiger partial charge in [0.2, 0.25) is 0 Å². The molecule has 1 nitrogen and oxygen atoms in total. The summed E-state index contributed by atoms with van der Waals surface area (Å²) in [6, 6.07) is 8.66. The molecule has 90 valence electrons. The van der Waals surface area contributed by atoms with Crippen molar-refractivity contribution in [2.24, 2.45) is 11.3 Å². The van der Waals surface area contributed by atoms with Crippen LogP contribution in [0, 0.1) is 11.3 Å². The van der Waals surface area contributed by atoms with Crippen LogP contribution in [0.3, 0.4) is 0 Å². The van der Waals surface area contributed by atoms with Gasteiger partial charge in [0, 0.05) is 11.0 Å². The fourth-order valence-corrected chi connectivity index (χ4v) is 2.21. The van der Waals surface area contributed by atoms with Crippen LogP contribution in [0.2, 0.25) is 0 Å². The molecule has 0 amide bonds. The Hall–Kier alpha value is -0.340. The van der Waals surface area contributed by atoms with Crippen molar-refractivity contribution in [2.75, 3.05) is 13.6 Å². The van der Waals surface area contributed by atoms with Gasteiger partial charge in [0.25, 0.3) is 0 Å². The number of hydrogen-bond donors (Lipinski definition) is 1. The number of rotatable bonds is 5. The van der Waals surface area contributed by atoms with E-state index in [2.05, 4.69) is 66.3 Å². The summed E-state index contributed by atoms with van der Waals surface area (Å²) >= 11 is 3.47.